The number of allylic oxidation sites excluding steroid dienone is 3. The van der Waals surface area contributed by atoms with Crippen LogP contribution in [-0.2, 0) is 9.53 Å². The monoisotopic (exact) mass is 275 g/mol. The molecule has 0 saturated carbocycles. The van der Waals surface area contributed by atoms with Crippen LogP contribution in [0.3, 0.4) is 0 Å². The largest absolute Gasteiger partial charge is 0.478 e. The van der Waals surface area contributed by atoms with E-state index in [0.717, 1.165) is 29.1 Å². The summed E-state index contributed by atoms with van der Waals surface area (Å²) in [6.07, 6.45) is 10.6. The second-order valence-electron chi connectivity index (χ2n) is 4.49. The Hall–Kier alpha value is -1.88. The summed E-state index contributed by atoms with van der Waals surface area (Å²) in [4.78, 5) is 12.1. The molecule has 0 radical (unpaired) electrons. The summed E-state index contributed by atoms with van der Waals surface area (Å²) < 4.78 is 5.65. The summed E-state index contributed by atoms with van der Waals surface area (Å²) in [7, 11) is 0. The molecule has 1 atom stereocenters. The minimum atomic E-state index is -0.929. The fourth-order valence-corrected chi connectivity index (χ4v) is 3.44. The minimum absolute atomic E-state index is 0.0986. The maximum atomic E-state index is 11.0. The van der Waals surface area contributed by atoms with Gasteiger partial charge in [0.2, 0.25) is 0 Å². The van der Waals surface area contributed by atoms with Crippen LogP contribution in [0.2, 0.25) is 0 Å². The third-order valence-electron chi connectivity index (χ3n) is 3.18. The Kier molecular flexibility index (Phi) is 2.98. The summed E-state index contributed by atoms with van der Waals surface area (Å²) in [5, 5.41) is 9.11. The number of nitrogens with two attached hydrogens (primary N) is 1. The molecular formula is C14H13NO3S. The number of hydrogen-bond acceptors (Lipinski definition) is 4. The molecule has 1 aliphatic heterocycles. The van der Waals surface area contributed by atoms with Gasteiger partial charge in [0.15, 0.2) is 5.76 Å². The number of aliphatic carboxylic acids is 1. The Labute approximate surface area is 115 Å². The first-order valence-corrected chi connectivity index (χ1v) is 6.89. The predicted molar refractivity (Wildman–Crippen MR) is 73.9 cm³/mol. The molecule has 19 heavy (non-hydrogen) atoms. The lowest BCUT2D eigenvalue weighted by molar-refractivity contribution is -0.132. The van der Waals surface area contributed by atoms with Crippen LogP contribution < -0.4 is 5.73 Å². The minimum Gasteiger partial charge on any atom is -0.478 e. The van der Waals surface area contributed by atoms with E-state index in [9.17, 15) is 4.79 Å². The van der Waals surface area contributed by atoms with Crippen LogP contribution in [0.5, 0.6) is 0 Å². The highest BCUT2D eigenvalue weighted by molar-refractivity contribution is 8.04. The first-order chi connectivity index (χ1) is 9.15. The van der Waals surface area contributed by atoms with Gasteiger partial charge in [-0.3, -0.25) is 0 Å². The third-order valence-corrected chi connectivity index (χ3v) is 4.54. The van der Waals surface area contributed by atoms with Crippen molar-refractivity contribution in [2.24, 2.45) is 5.73 Å². The molecule has 0 fully saturated rings. The van der Waals surface area contributed by atoms with Crippen molar-refractivity contribution in [1.29, 1.82) is 0 Å². The molecule has 3 aliphatic rings. The molecule has 98 valence electrons. The highest BCUT2D eigenvalue weighted by Gasteiger charge is 2.26. The van der Waals surface area contributed by atoms with Crippen LogP contribution in [0.4, 0.5) is 0 Å². The quantitative estimate of drug-likeness (QED) is 0.769. The molecule has 3 rings (SSSR count). The molecule has 0 saturated heterocycles. The normalized spacial score (nSPS) is 25.3. The van der Waals surface area contributed by atoms with Gasteiger partial charge in [-0.25, -0.2) is 4.79 Å². The number of carboxylic acids is 1. The lowest BCUT2D eigenvalue weighted by Gasteiger charge is -2.19. The Bertz CT molecular complexity index is 596. The molecule has 5 heteroatoms. The summed E-state index contributed by atoms with van der Waals surface area (Å²) in [5.41, 5.74) is 7.72. The molecule has 1 unspecified atom stereocenters. The van der Waals surface area contributed by atoms with Crippen molar-refractivity contribution >= 4 is 17.7 Å². The maximum Gasteiger partial charge on any atom is 0.335 e. The zero-order chi connectivity index (χ0) is 13.4. The van der Waals surface area contributed by atoms with Gasteiger partial charge >= 0.3 is 5.97 Å². The van der Waals surface area contributed by atoms with Crippen molar-refractivity contribution in [1.82, 2.24) is 0 Å². The fraction of sp³-hybridized carbons (Fsp3) is 0.214. The molecule has 0 aromatic carbocycles. The van der Waals surface area contributed by atoms with E-state index < -0.39 is 5.97 Å². The topological polar surface area (TPSA) is 72.5 Å². The predicted octanol–water partition coefficient (Wildman–Crippen LogP) is 2.43. The number of rotatable bonds is 1. The van der Waals surface area contributed by atoms with Crippen LogP contribution in [0.15, 0.2) is 58.1 Å². The van der Waals surface area contributed by atoms with Crippen LogP contribution in [-0.4, -0.2) is 16.3 Å². The van der Waals surface area contributed by atoms with Crippen molar-refractivity contribution in [3.8, 4) is 0 Å². The van der Waals surface area contributed by atoms with Gasteiger partial charge in [-0.1, -0.05) is 18.2 Å². The highest BCUT2D eigenvalue weighted by atomic mass is 32.2. The summed E-state index contributed by atoms with van der Waals surface area (Å²) in [6.45, 7) is 0. The highest BCUT2D eigenvalue weighted by Crippen LogP contribution is 2.41. The molecular weight excluding hydrogens is 262 g/mol. The Morgan fingerprint density at radius 3 is 3.16 bits per heavy atom. The Balaban J connectivity index is 1.94. The molecule has 4 nitrogen and oxygen atoms in total. The summed E-state index contributed by atoms with van der Waals surface area (Å²) in [6, 6.07) is 0. The molecule has 0 spiro atoms. The van der Waals surface area contributed by atoms with Gasteiger partial charge < -0.3 is 15.6 Å². The van der Waals surface area contributed by atoms with Crippen molar-refractivity contribution in [3.05, 3.63) is 58.1 Å². The van der Waals surface area contributed by atoms with Gasteiger partial charge in [0.05, 0.1) is 22.8 Å². The van der Waals surface area contributed by atoms with Crippen LogP contribution in [0, 0.1) is 0 Å². The van der Waals surface area contributed by atoms with E-state index in [4.69, 9.17) is 15.6 Å². The maximum absolute atomic E-state index is 11.0. The lowest BCUT2D eigenvalue weighted by Crippen LogP contribution is -2.10. The zero-order valence-corrected chi connectivity index (χ0v) is 10.9. The van der Waals surface area contributed by atoms with E-state index in [1.807, 2.05) is 12.2 Å². The van der Waals surface area contributed by atoms with E-state index in [1.54, 1.807) is 30.2 Å². The van der Waals surface area contributed by atoms with Crippen molar-refractivity contribution < 1.29 is 14.6 Å². The van der Waals surface area contributed by atoms with Gasteiger partial charge in [-0.15, -0.1) is 11.8 Å². The van der Waals surface area contributed by atoms with Crippen LogP contribution in [0.1, 0.15) is 12.8 Å². The van der Waals surface area contributed by atoms with Crippen molar-refractivity contribution in [3.63, 3.8) is 0 Å². The first kappa shape index (κ1) is 12.2. The molecule has 0 aromatic rings. The van der Waals surface area contributed by atoms with Gasteiger partial charge in [-0.05, 0) is 18.9 Å². The van der Waals surface area contributed by atoms with Gasteiger partial charge in [0, 0.05) is 10.5 Å². The van der Waals surface area contributed by atoms with Gasteiger partial charge in [-0.2, -0.15) is 0 Å². The van der Waals surface area contributed by atoms with E-state index in [-0.39, 0.29) is 10.8 Å². The number of ether oxygens (including phenoxy) is 1. The summed E-state index contributed by atoms with van der Waals surface area (Å²) in [5.74, 6) is -0.209. The smallest absolute Gasteiger partial charge is 0.335 e. The number of carboxylic acid groups (broad SMARTS) is 1. The lowest BCUT2D eigenvalue weighted by atomic mass is 10.0. The molecule has 0 bridgehead atoms. The van der Waals surface area contributed by atoms with E-state index >= 15 is 0 Å². The third kappa shape index (κ3) is 2.21. The van der Waals surface area contributed by atoms with E-state index in [0.29, 0.717) is 5.70 Å². The second kappa shape index (κ2) is 4.66. The van der Waals surface area contributed by atoms with Crippen molar-refractivity contribution in [2.75, 3.05) is 0 Å². The molecule has 0 amide bonds. The molecule has 2 aliphatic carbocycles. The van der Waals surface area contributed by atoms with Gasteiger partial charge in [0.1, 0.15) is 0 Å². The van der Waals surface area contributed by atoms with E-state index in [2.05, 4.69) is 0 Å². The van der Waals surface area contributed by atoms with Crippen molar-refractivity contribution in [2.45, 2.75) is 18.1 Å². The number of hydrogen-bond donors (Lipinski definition) is 2. The summed E-state index contributed by atoms with van der Waals surface area (Å²) >= 11 is 1.68. The molecule has 3 N–H and O–H groups in total. The first-order valence-electron chi connectivity index (χ1n) is 6.01. The standard InChI is InChI=1S/C14H13NO3S/c15-10-2-1-3-12-13(10)18-7-9-6-8(14(16)17)4-5-11(9)19-12/h2,4-7,11H,1,3,15H2,(H,16,17). The van der Waals surface area contributed by atoms with Crippen LogP contribution >= 0.6 is 11.8 Å². The average molecular weight is 275 g/mol. The Morgan fingerprint density at radius 2 is 2.37 bits per heavy atom. The second-order valence-corrected chi connectivity index (χ2v) is 5.72. The zero-order valence-electron chi connectivity index (χ0n) is 10.1. The molecule has 0 aromatic heterocycles. The number of thioether (sulfide) groups is 1. The number of carbonyl (C=O) groups is 1. The van der Waals surface area contributed by atoms with Crippen LogP contribution in [0.25, 0.3) is 0 Å². The Morgan fingerprint density at radius 1 is 1.53 bits per heavy atom. The number of fused-ring (bicyclic) bond motifs is 1. The fourth-order valence-electron chi connectivity index (χ4n) is 2.21. The SMILES string of the molecule is NC1=CCCC2=C1OC=C1C=C(C(=O)O)C=CC1S2. The van der Waals surface area contributed by atoms with E-state index in [1.165, 1.54) is 0 Å². The average Bonchev–Trinajstić information content (AvgIpc) is 2.57. The van der Waals surface area contributed by atoms with Gasteiger partial charge in [0.25, 0.3) is 0 Å². The molecule has 1 heterocycles.